The van der Waals surface area contributed by atoms with Crippen LogP contribution in [0.2, 0.25) is 0 Å². The van der Waals surface area contributed by atoms with Crippen molar-refractivity contribution in [2.75, 3.05) is 11.9 Å². The van der Waals surface area contributed by atoms with Crippen molar-refractivity contribution in [1.29, 1.82) is 0 Å². The van der Waals surface area contributed by atoms with E-state index in [1.54, 1.807) is 19.1 Å². The number of carbonyl (C=O) groups excluding carboxylic acids is 1. The van der Waals surface area contributed by atoms with E-state index < -0.39 is 20.9 Å². The average molecular weight is 442 g/mol. The first-order valence-corrected chi connectivity index (χ1v) is 9.77. The van der Waals surface area contributed by atoms with Gasteiger partial charge in [-0.3, -0.25) is 14.9 Å². The van der Waals surface area contributed by atoms with E-state index in [1.165, 1.54) is 30.3 Å². The highest BCUT2D eigenvalue weighted by molar-refractivity contribution is 9.10. The first kappa shape index (κ1) is 20.0. The highest BCUT2D eigenvalue weighted by Crippen LogP contribution is 2.21. The molecule has 2 N–H and O–H groups in total. The smallest absolute Gasteiger partial charge is 0.269 e. The molecule has 2 rings (SSSR count). The van der Waals surface area contributed by atoms with Gasteiger partial charge in [0.15, 0.2) is 0 Å². The summed E-state index contributed by atoms with van der Waals surface area (Å²) in [6, 6.07) is 10.2. The molecule has 0 heterocycles. The van der Waals surface area contributed by atoms with Crippen LogP contribution in [0.25, 0.3) is 0 Å². The van der Waals surface area contributed by atoms with Gasteiger partial charge in [0.25, 0.3) is 5.69 Å². The summed E-state index contributed by atoms with van der Waals surface area (Å²) in [7, 11) is -3.69. The number of hydrogen-bond acceptors (Lipinski definition) is 5. The molecule has 0 saturated carbocycles. The lowest BCUT2D eigenvalue weighted by atomic mass is 10.1. The van der Waals surface area contributed by atoms with Crippen molar-refractivity contribution in [3.8, 4) is 0 Å². The van der Waals surface area contributed by atoms with Gasteiger partial charge in [-0.1, -0.05) is 15.9 Å². The molecule has 26 heavy (non-hydrogen) atoms. The molecule has 1 amide bonds. The predicted octanol–water partition coefficient (Wildman–Crippen LogP) is 2.97. The standard InChI is InChI=1S/C16H16BrN3O5S/c1-11-10-13(20(22)23)4-7-15(11)19-16(21)8-9-18-26(24,25)14-5-2-12(17)3-6-14/h2-7,10,18H,8-9H2,1H3,(H,19,21). The third-order valence-corrected chi connectivity index (χ3v) is 5.47. The molecule has 0 aliphatic heterocycles. The molecule has 0 atom stereocenters. The van der Waals surface area contributed by atoms with E-state index in [0.29, 0.717) is 11.3 Å². The molecule has 0 spiro atoms. The van der Waals surface area contributed by atoms with Gasteiger partial charge in [0, 0.05) is 35.3 Å². The van der Waals surface area contributed by atoms with Crippen LogP contribution in [0.3, 0.4) is 0 Å². The summed E-state index contributed by atoms with van der Waals surface area (Å²) in [6.45, 7) is 1.56. The minimum absolute atomic E-state index is 0.0669. The Kier molecular flexibility index (Phi) is 6.46. The number of rotatable bonds is 7. The zero-order valence-electron chi connectivity index (χ0n) is 13.7. The van der Waals surface area contributed by atoms with Crippen LogP contribution in [0.1, 0.15) is 12.0 Å². The lowest BCUT2D eigenvalue weighted by Gasteiger charge is -2.09. The van der Waals surface area contributed by atoms with Crippen LogP contribution in [0, 0.1) is 17.0 Å². The van der Waals surface area contributed by atoms with Crippen LogP contribution in [0.5, 0.6) is 0 Å². The van der Waals surface area contributed by atoms with Crippen molar-refractivity contribution < 1.29 is 18.1 Å². The van der Waals surface area contributed by atoms with Crippen molar-refractivity contribution in [2.45, 2.75) is 18.2 Å². The van der Waals surface area contributed by atoms with E-state index in [2.05, 4.69) is 26.0 Å². The fourth-order valence-electron chi connectivity index (χ4n) is 2.11. The fourth-order valence-corrected chi connectivity index (χ4v) is 3.41. The molecule has 0 radical (unpaired) electrons. The molecule has 138 valence electrons. The maximum absolute atomic E-state index is 12.1. The molecule has 8 nitrogen and oxygen atoms in total. The van der Waals surface area contributed by atoms with E-state index in [-0.39, 0.29) is 23.5 Å². The number of sulfonamides is 1. The Morgan fingerprint density at radius 3 is 2.42 bits per heavy atom. The zero-order valence-corrected chi connectivity index (χ0v) is 16.1. The minimum atomic E-state index is -3.69. The second-order valence-corrected chi connectivity index (χ2v) is 8.09. The summed E-state index contributed by atoms with van der Waals surface area (Å²) >= 11 is 3.23. The number of aryl methyl sites for hydroxylation is 1. The summed E-state index contributed by atoms with van der Waals surface area (Å²) < 4.78 is 27.3. The Labute approximate surface area is 158 Å². The molecule has 0 unspecified atom stereocenters. The Hall–Kier alpha value is -2.30. The fraction of sp³-hybridized carbons (Fsp3) is 0.188. The number of benzene rings is 2. The Morgan fingerprint density at radius 1 is 1.19 bits per heavy atom. The molecule has 0 bridgehead atoms. The maximum atomic E-state index is 12.1. The number of nitro benzene ring substituents is 1. The van der Waals surface area contributed by atoms with Crippen LogP contribution in [0.15, 0.2) is 51.8 Å². The first-order valence-electron chi connectivity index (χ1n) is 7.49. The van der Waals surface area contributed by atoms with Crippen LogP contribution < -0.4 is 10.0 Å². The summed E-state index contributed by atoms with van der Waals surface area (Å²) in [5, 5.41) is 13.3. The summed E-state index contributed by atoms with van der Waals surface area (Å²) in [5.74, 6) is -0.402. The Morgan fingerprint density at radius 2 is 1.85 bits per heavy atom. The molecule has 0 fully saturated rings. The molecule has 2 aromatic rings. The quantitative estimate of drug-likeness (QED) is 0.505. The number of halogens is 1. The number of hydrogen-bond donors (Lipinski definition) is 2. The Balaban J connectivity index is 1.91. The van der Waals surface area contributed by atoms with Crippen LogP contribution in [0.4, 0.5) is 11.4 Å². The van der Waals surface area contributed by atoms with Crippen LogP contribution >= 0.6 is 15.9 Å². The Bertz CT molecular complexity index is 929. The number of nitro groups is 1. The van der Waals surface area contributed by atoms with Gasteiger partial charge in [0.2, 0.25) is 15.9 Å². The molecule has 0 saturated heterocycles. The molecule has 0 aliphatic rings. The maximum Gasteiger partial charge on any atom is 0.269 e. The summed E-state index contributed by atoms with van der Waals surface area (Å²) in [5.41, 5.74) is 0.919. The highest BCUT2D eigenvalue weighted by Gasteiger charge is 2.15. The van der Waals surface area contributed by atoms with E-state index >= 15 is 0 Å². The van der Waals surface area contributed by atoms with E-state index in [0.717, 1.165) is 4.47 Å². The molecular formula is C16H16BrN3O5S. The van der Waals surface area contributed by atoms with E-state index in [4.69, 9.17) is 0 Å². The minimum Gasteiger partial charge on any atom is -0.326 e. The number of nitrogens with zero attached hydrogens (tertiary/aromatic N) is 1. The van der Waals surface area contributed by atoms with Gasteiger partial charge in [-0.15, -0.1) is 0 Å². The van der Waals surface area contributed by atoms with Gasteiger partial charge in [-0.05, 0) is 42.8 Å². The van der Waals surface area contributed by atoms with Crippen molar-refractivity contribution >= 4 is 43.2 Å². The third kappa shape index (κ3) is 5.35. The molecular weight excluding hydrogens is 426 g/mol. The lowest BCUT2D eigenvalue weighted by molar-refractivity contribution is -0.384. The second-order valence-electron chi connectivity index (χ2n) is 5.41. The normalized spacial score (nSPS) is 11.2. The lowest BCUT2D eigenvalue weighted by Crippen LogP contribution is -2.27. The largest absolute Gasteiger partial charge is 0.326 e. The van der Waals surface area contributed by atoms with Gasteiger partial charge < -0.3 is 5.32 Å². The zero-order chi connectivity index (χ0) is 19.3. The second kappa shape index (κ2) is 8.39. The predicted molar refractivity (Wildman–Crippen MR) is 100 cm³/mol. The van der Waals surface area contributed by atoms with Gasteiger partial charge in [0.1, 0.15) is 0 Å². The van der Waals surface area contributed by atoms with Gasteiger partial charge in [-0.2, -0.15) is 0 Å². The monoisotopic (exact) mass is 441 g/mol. The molecule has 0 aromatic heterocycles. The average Bonchev–Trinajstić information content (AvgIpc) is 2.56. The SMILES string of the molecule is Cc1cc([N+](=O)[O-])ccc1NC(=O)CCNS(=O)(=O)c1ccc(Br)cc1. The number of amides is 1. The summed E-state index contributed by atoms with van der Waals surface area (Å²) in [6.07, 6.45) is -0.0772. The highest BCUT2D eigenvalue weighted by atomic mass is 79.9. The van der Waals surface area contributed by atoms with Gasteiger partial charge >= 0.3 is 0 Å². The number of non-ortho nitro benzene ring substituents is 1. The topological polar surface area (TPSA) is 118 Å². The number of carbonyl (C=O) groups is 1. The van der Waals surface area contributed by atoms with Crippen molar-refractivity contribution in [3.05, 3.63) is 62.6 Å². The van der Waals surface area contributed by atoms with Crippen LogP contribution in [-0.2, 0) is 14.8 Å². The van der Waals surface area contributed by atoms with E-state index in [9.17, 15) is 23.3 Å². The first-order chi connectivity index (χ1) is 12.2. The number of anilines is 1. The third-order valence-electron chi connectivity index (χ3n) is 3.46. The molecule has 10 heteroatoms. The van der Waals surface area contributed by atoms with Gasteiger partial charge in [0.05, 0.1) is 9.82 Å². The van der Waals surface area contributed by atoms with E-state index in [1.807, 2.05) is 0 Å². The number of nitrogens with one attached hydrogen (secondary N) is 2. The molecule has 0 aliphatic carbocycles. The van der Waals surface area contributed by atoms with Crippen molar-refractivity contribution in [3.63, 3.8) is 0 Å². The van der Waals surface area contributed by atoms with Crippen LogP contribution in [-0.4, -0.2) is 25.8 Å². The summed E-state index contributed by atoms with van der Waals surface area (Å²) in [4.78, 5) is 22.3. The van der Waals surface area contributed by atoms with Gasteiger partial charge in [-0.25, -0.2) is 13.1 Å². The molecule has 2 aromatic carbocycles. The van der Waals surface area contributed by atoms with Crippen molar-refractivity contribution in [1.82, 2.24) is 4.72 Å². The van der Waals surface area contributed by atoms with Crippen molar-refractivity contribution in [2.24, 2.45) is 0 Å².